The van der Waals surface area contributed by atoms with Gasteiger partial charge in [-0.3, -0.25) is 14.4 Å². The summed E-state index contributed by atoms with van der Waals surface area (Å²) >= 11 is 19.2. The zero-order valence-electron chi connectivity index (χ0n) is 57.0. The Morgan fingerprint density at radius 1 is 0.459 bits per heavy atom. The Bertz CT molecular complexity index is 4520. The number of rotatable bonds is 21. The van der Waals surface area contributed by atoms with Crippen LogP contribution in [0.25, 0.3) is 0 Å². The summed E-state index contributed by atoms with van der Waals surface area (Å²) in [5.41, 5.74) is 5.03. The second-order valence-electron chi connectivity index (χ2n) is 29.8. The summed E-state index contributed by atoms with van der Waals surface area (Å²) in [5, 5.41) is 0. The van der Waals surface area contributed by atoms with Gasteiger partial charge in [0.1, 0.15) is 0 Å². The molecule has 24 heteroatoms. The third-order valence-electron chi connectivity index (χ3n) is 20.5. The number of amides is 3. The van der Waals surface area contributed by atoms with Crippen molar-refractivity contribution in [2.75, 3.05) is 0 Å². The SMILES string of the molecule is CC(C)c1cc(C(C)C)c(S(=O)(=O)NC(=O)c2cc(I)cc(I)c2I)c(C(C)CCC(C)(C)c2cc(C(C)(C)C)cc(C(C)(C)C3CCC(c4cc(C5CCCC5)cc(C5CCCC5)c4S(=O)(=O)NC(=O)c4cc(I)cc(I)c4I)C3)c2S(=O)(=O)NC(=O)c2cc(I)cc(I)c2I)c1. The van der Waals surface area contributed by atoms with Gasteiger partial charge >= 0.3 is 0 Å². The van der Waals surface area contributed by atoms with Gasteiger partial charge < -0.3 is 0 Å². The monoisotopic (exact) mass is 2400 g/mol. The summed E-state index contributed by atoms with van der Waals surface area (Å²) in [4.78, 5) is 43.9. The number of carbonyl (C=O) groups is 3. The van der Waals surface area contributed by atoms with E-state index in [-0.39, 0.29) is 61.3 Å². The Kier molecular flexibility index (Phi) is 27.3. The van der Waals surface area contributed by atoms with E-state index in [1.54, 1.807) is 18.2 Å². The first-order valence-electron chi connectivity index (χ1n) is 33.2. The van der Waals surface area contributed by atoms with E-state index in [1.165, 1.54) is 0 Å². The highest BCUT2D eigenvalue weighted by Crippen LogP contribution is 2.55. The molecular formula is C74H84I9N3O9S3. The third kappa shape index (κ3) is 18.3. The van der Waals surface area contributed by atoms with Gasteiger partial charge in [-0.15, -0.1) is 0 Å². The molecule has 0 spiro atoms. The molecule has 3 saturated carbocycles. The molecule has 3 aliphatic rings. The number of hydrogen-bond donors (Lipinski definition) is 3. The second kappa shape index (κ2) is 32.5. The summed E-state index contributed by atoms with van der Waals surface area (Å²) in [6.45, 7) is 24.6. The minimum Gasteiger partial charge on any atom is -0.268 e. The highest BCUT2D eigenvalue weighted by Gasteiger charge is 2.46. The highest BCUT2D eigenvalue weighted by molar-refractivity contribution is 14.1. The third-order valence-corrected chi connectivity index (χ3v) is 35.8. The fourth-order valence-corrected chi connectivity index (χ4v) is 26.7. The van der Waals surface area contributed by atoms with Crippen LogP contribution in [0, 0.1) is 38.0 Å². The number of carbonyl (C=O) groups excluding carboxylic acids is 3. The Morgan fingerprint density at radius 2 is 0.867 bits per heavy atom. The van der Waals surface area contributed by atoms with Crippen LogP contribution >= 0.6 is 203 Å². The van der Waals surface area contributed by atoms with E-state index in [0.29, 0.717) is 70.6 Å². The van der Waals surface area contributed by atoms with Gasteiger partial charge in [0, 0.05) is 32.1 Å². The molecule has 3 amide bonds. The summed E-state index contributed by atoms with van der Waals surface area (Å²) in [6, 6.07) is 23.2. The molecule has 0 aromatic heterocycles. The van der Waals surface area contributed by atoms with Gasteiger partial charge in [0.25, 0.3) is 47.8 Å². The van der Waals surface area contributed by atoms with Gasteiger partial charge in [0.15, 0.2) is 0 Å². The molecule has 0 saturated heterocycles. The molecule has 3 aliphatic carbocycles. The number of nitrogens with one attached hydrogen (secondary N) is 3. The Morgan fingerprint density at radius 3 is 1.31 bits per heavy atom. The van der Waals surface area contributed by atoms with Crippen molar-refractivity contribution in [3.8, 4) is 0 Å². The van der Waals surface area contributed by atoms with Crippen molar-refractivity contribution in [1.29, 1.82) is 0 Å². The quantitative estimate of drug-likeness (QED) is 0.0465. The zero-order chi connectivity index (χ0) is 72.4. The highest BCUT2D eigenvalue weighted by atomic mass is 127. The molecule has 3 N–H and O–H groups in total. The molecule has 0 aliphatic heterocycles. The fourth-order valence-electron chi connectivity index (χ4n) is 14.7. The van der Waals surface area contributed by atoms with Gasteiger partial charge in [0.05, 0.1) is 31.4 Å². The largest absolute Gasteiger partial charge is 0.268 e. The second-order valence-corrected chi connectivity index (χ2v) is 45.1. The first-order chi connectivity index (χ1) is 45.4. The van der Waals surface area contributed by atoms with E-state index in [1.807, 2.05) is 77.1 Å². The van der Waals surface area contributed by atoms with Gasteiger partial charge in [-0.1, -0.05) is 145 Å². The number of halogens is 9. The van der Waals surface area contributed by atoms with E-state index in [9.17, 15) is 14.4 Å². The maximum Gasteiger partial charge on any atom is 0.266 e. The van der Waals surface area contributed by atoms with Crippen LogP contribution in [0.3, 0.4) is 0 Å². The Labute approximate surface area is 704 Å². The molecule has 6 aromatic carbocycles. The first kappa shape index (κ1) is 82.2. The molecule has 98 heavy (non-hydrogen) atoms. The minimum atomic E-state index is -4.77. The number of sulfonamides is 3. The normalized spacial score (nSPS) is 17.3. The van der Waals surface area contributed by atoms with Crippen LogP contribution in [0.5, 0.6) is 0 Å². The average molecular weight is 2400 g/mol. The number of benzene rings is 6. The van der Waals surface area contributed by atoms with Gasteiger partial charge in [-0.05, 0) is 405 Å². The molecule has 12 nitrogen and oxygen atoms in total. The minimum absolute atomic E-state index is 0.00706. The van der Waals surface area contributed by atoms with E-state index in [4.69, 9.17) is 0 Å². The van der Waals surface area contributed by atoms with Crippen LogP contribution in [-0.2, 0) is 46.3 Å². The lowest BCUT2D eigenvalue weighted by atomic mass is 9.68. The van der Waals surface area contributed by atoms with Crippen LogP contribution in [0.4, 0.5) is 0 Å². The summed E-state index contributed by atoms with van der Waals surface area (Å²) in [7, 11) is -13.8. The van der Waals surface area contributed by atoms with Crippen molar-refractivity contribution in [2.45, 2.75) is 233 Å². The van der Waals surface area contributed by atoms with E-state index in [2.05, 4.69) is 278 Å². The van der Waals surface area contributed by atoms with Crippen LogP contribution in [0.2, 0.25) is 0 Å². The van der Waals surface area contributed by atoms with Crippen molar-refractivity contribution < 1.29 is 39.6 Å². The maximum atomic E-state index is 16.2. The Balaban J connectivity index is 1.19. The molecule has 0 radical (unpaired) electrons. The summed E-state index contributed by atoms with van der Waals surface area (Å²) in [6.07, 6.45) is 10.3. The van der Waals surface area contributed by atoms with E-state index in [0.717, 1.165) is 101 Å². The van der Waals surface area contributed by atoms with E-state index < -0.39 is 70.0 Å². The maximum absolute atomic E-state index is 16.2. The predicted molar refractivity (Wildman–Crippen MR) is 470 cm³/mol. The molecule has 6 aromatic rings. The predicted octanol–water partition coefficient (Wildman–Crippen LogP) is 22.1. The topological polar surface area (TPSA) is 190 Å². The molecule has 3 fully saturated rings. The van der Waals surface area contributed by atoms with E-state index >= 15 is 25.3 Å². The standard InChI is InChI=1S/C74H84I9N3O9S3/c1-38(2)44-26-51(39(3)4)66(96(90,91)84-69(87)55-32-48(75)35-60(78)63(55)81)52(27-44)40(5)23-24-73(9,10)58-30-47(72(6,7)8)31-59(68(58)98(94,95)86-71(89)57-34-50(77)37-62(80)65(57)83)74(11,12)46-22-21-43(25-46)54-29-45(41-17-13-14-18-41)28-53(42-19-15-16-20-42)67(54)97(92,93)85-70(88)56-33-49(76)36-61(79)64(56)82/h26-43,46H,13-25H2,1-12H3,(H,84,87)(H,85,88)(H,86,89). The van der Waals surface area contributed by atoms with Crippen molar-refractivity contribution in [2.24, 2.45) is 5.92 Å². The van der Waals surface area contributed by atoms with Crippen molar-refractivity contribution in [3.63, 3.8) is 0 Å². The van der Waals surface area contributed by atoms with Crippen molar-refractivity contribution in [1.82, 2.24) is 14.2 Å². The average Bonchev–Trinajstić information content (AvgIpc) is 1.07. The van der Waals surface area contributed by atoms with Gasteiger partial charge in [-0.25, -0.2) is 39.4 Å². The van der Waals surface area contributed by atoms with Gasteiger partial charge in [0.2, 0.25) is 0 Å². The molecule has 3 atom stereocenters. The molecule has 9 rings (SSSR count). The van der Waals surface area contributed by atoms with Crippen LogP contribution in [0.1, 0.15) is 283 Å². The molecule has 0 heterocycles. The van der Waals surface area contributed by atoms with Crippen LogP contribution in [-0.4, -0.2) is 43.0 Å². The van der Waals surface area contributed by atoms with Crippen molar-refractivity contribution in [3.05, 3.63) is 172 Å². The van der Waals surface area contributed by atoms with Gasteiger partial charge in [-0.2, -0.15) is 0 Å². The fraction of sp³-hybridized carbons (Fsp3) is 0.473. The van der Waals surface area contributed by atoms with Crippen LogP contribution in [0.15, 0.2) is 87.5 Å². The summed E-state index contributed by atoms with van der Waals surface area (Å²) in [5.74, 6) is -3.07. The van der Waals surface area contributed by atoms with Crippen molar-refractivity contribution >= 4 is 251 Å². The lowest BCUT2D eigenvalue weighted by Crippen LogP contribution is -2.38. The Hall–Kier alpha value is 0.150. The smallest absolute Gasteiger partial charge is 0.266 e. The lowest BCUT2D eigenvalue weighted by molar-refractivity contribution is 0.0971. The number of hydrogen-bond acceptors (Lipinski definition) is 9. The lowest BCUT2D eigenvalue weighted by Gasteiger charge is -2.39. The summed E-state index contributed by atoms with van der Waals surface area (Å²) < 4.78 is 109. The molecule has 0 bridgehead atoms. The first-order valence-corrected chi connectivity index (χ1v) is 47.3. The molecular weight excluding hydrogens is 2310 g/mol. The van der Waals surface area contributed by atoms with Crippen LogP contribution < -0.4 is 14.2 Å². The zero-order valence-corrected chi connectivity index (χ0v) is 78.8. The molecule has 3 unspecified atom stereocenters. The molecule has 530 valence electrons.